The molecular weight excluding hydrogens is 404 g/mol. The quantitative estimate of drug-likeness (QED) is 0.780. The molecule has 0 spiro atoms. The highest BCUT2D eigenvalue weighted by molar-refractivity contribution is 5.97. The Kier molecular flexibility index (Phi) is 7.28. The molecule has 7 nitrogen and oxygen atoms in total. The van der Waals surface area contributed by atoms with Crippen molar-refractivity contribution in [3.05, 3.63) is 65.5 Å². The minimum atomic E-state index is -0.638. The molecule has 7 heteroatoms. The highest BCUT2D eigenvalue weighted by atomic mass is 16.2. The zero-order chi connectivity index (χ0) is 23.3. The summed E-state index contributed by atoms with van der Waals surface area (Å²) >= 11 is 0. The van der Waals surface area contributed by atoms with Crippen molar-refractivity contribution in [3.8, 4) is 0 Å². The minimum Gasteiger partial charge on any atom is -0.341 e. The summed E-state index contributed by atoms with van der Waals surface area (Å²) in [4.78, 5) is 45.6. The van der Waals surface area contributed by atoms with Gasteiger partial charge in [-0.3, -0.25) is 19.4 Å². The normalized spacial score (nSPS) is 15.2. The van der Waals surface area contributed by atoms with Gasteiger partial charge < -0.3 is 15.1 Å². The monoisotopic (exact) mass is 436 g/mol. The second kappa shape index (κ2) is 9.94. The summed E-state index contributed by atoms with van der Waals surface area (Å²) in [5, 5.41) is 2.80. The lowest BCUT2D eigenvalue weighted by molar-refractivity contribution is -0.140. The predicted octanol–water partition coefficient (Wildman–Crippen LogP) is 2.41. The summed E-state index contributed by atoms with van der Waals surface area (Å²) in [6.45, 7) is 9.92. The summed E-state index contributed by atoms with van der Waals surface area (Å²) < 4.78 is 0. The van der Waals surface area contributed by atoms with Gasteiger partial charge in [0.1, 0.15) is 6.04 Å². The summed E-state index contributed by atoms with van der Waals surface area (Å²) in [5.41, 5.74) is 2.43. The molecule has 1 aliphatic rings. The zero-order valence-electron chi connectivity index (χ0n) is 19.3. The number of carbonyl (C=O) groups excluding carboxylic acids is 3. The minimum absolute atomic E-state index is 0.0100. The van der Waals surface area contributed by atoms with Crippen LogP contribution in [-0.4, -0.2) is 64.7 Å². The molecule has 2 aromatic rings. The molecule has 0 aliphatic carbocycles. The third-order valence-corrected chi connectivity index (χ3v) is 5.73. The van der Waals surface area contributed by atoms with Crippen LogP contribution in [0.4, 0.5) is 0 Å². The van der Waals surface area contributed by atoms with E-state index < -0.39 is 6.04 Å². The number of carbonyl (C=O) groups is 3. The number of amides is 3. The molecule has 1 unspecified atom stereocenters. The van der Waals surface area contributed by atoms with Crippen molar-refractivity contribution in [2.45, 2.75) is 45.6 Å². The largest absolute Gasteiger partial charge is 0.341 e. The van der Waals surface area contributed by atoms with Crippen molar-refractivity contribution in [2.75, 3.05) is 26.2 Å². The fourth-order valence-electron chi connectivity index (χ4n) is 3.68. The third-order valence-electron chi connectivity index (χ3n) is 5.73. The van der Waals surface area contributed by atoms with Crippen LogP contribution >= 0.6 is 0 Å². The number of hydrogen-bond donors (Lipinski definition) is 1. The van der Waals surface area contributed by atoms with Crippen LogP contribution in [0.5, 0.6) is 0 Å². The molecule has 1 atom stereocenters. The Morgan fingerprint density at radius 3 is 2.16 bits per heavy atom. The Hall–Kier alpha value is -3.22. The van der Waals surface area contributed by atoms with E-state index in [1.54, 1.807) is 35.1 Å². The Morgan fingerprint density at radius 2 is 1.59 bits per heavy atom. The van der Waals surface area contributed by atoms with E-state index in [9.17, 15) is 14.4 Å². The average molecular weight is 437 g/mol. The van der Waals surface area contributed by atoms with Gasteiger partial charge in [0.15, 0.2) is 0 Å². The van der Waals surface area contributed by atoms with Crippen LogP contribution in [0.15, 0.2) is 48.7 Å². The summed E-state index contributed by atoms with van der Waals surface area (Å²) in [6.07, 6.45) is 1.93. The standard InChI is InChI=1S/C25H32N4O3/c1-18(27-23(31)19-8-10-20(11-9-19)25(2,3)4)24(32)29-15-13-28(14-16-29)22(30)17-21-7-5-6-12-26-21/h5-12,18H,13-17H2,1-4H3,(H,27,31). The number of aromatic nitrogens is 1. The molecule has 3 rings (SSSR count). The lowest BCUT2D eigenvalue weighted by atomic mass is 9.86. The van der Waals surface area contributed by atoms with Gasteiger partial charge in [-0.15, -0.1) is 0 Å². The maximum absolute atomic E-state index is 12.8. The number of hydrogen-bond acceptors (Lipinski definition) is 4. The molecule has 1 N–H and O–H groups in total. The molecule has 2 heterocycles. The highest BCUT2D eigenvalue weighted by Crippen LogP contribution is 2.22. The Morgan fingerprint density at radius 1 is 0.969 bits per heavy atom. The third kappa shape index (κ3) is 5.93. The molecule has 1 aromatic carbocycles. The zero-order valence-corrected chi connectivity index (χ0v) is 19.3. The van der Waals surface area contributed by atoms with Gasteiger partial charge in [-0.2, -0.15) is 0 Å². The number of piperazine rings is 1. The van der Waals surface area contributed by atoms with Crippen LogP contribution in [0.2, 0.25) is 0 Å². The lowest BCUT2D eigenvalue weighted by Gasteiger charge is -2.36. The van der Waals surface area contributed by atoms with Crippen LogP contribution in [0.3, 0.4) is 0 Å². The van der Waals surface area contributed by atoms with Gasteiger partial charge in [0.2, 0.25) is 11.8 Å². The number of nitrogens with zero attached hydrogens (tertiary/aromatic N) is 3. The maximum atomic E-state index is 12.8. The fourth-order valence-corrected chi connectivity index (χ4v) is 3.68. The maximum Gasteiger partial charge on any atom is 0.251 e. The lowest BCUT2D eigenvalue weighted by Crippen LogP contribution is -2.55. The molecule has 1 fully saturated rings. The van der Waals surface area contributed by atoms with Gasteiger partial charge in [-0.25, -0.2) is 0 Å². The first kappa shape index (κ1) is 23.4. The summed E-state index contributed by atoms with van der Waals surface area (Å²) in [5.74, 6) is -0.396. The van der Waals surface area contributed by atoms with E-state index in [1.807, 2.05) is 30.3 Å². The number of benzene rings is 1. The van der Waals surface area contributed by atoms with Crippen molar-refractivity contribution < 1.29 is 14.4 Å². The second-order valence-corrected chi connectivity index (χ2v) is 9.23. The van der Waals surface area contributed by atoms with Crippen LogP contribution in [0.25, 0.3) is 0 Å². The molecule has 0 bridgehead atoms. The molecular formula is C25H32N4O3. The van der Waals surface area contributed by atoms with E-state index in [0.29, 0.717) is 31.7 Å². The molecule has 0 radical (unpaired) electrons. The van der Waals surface area contributed by atoms with Gasteiger partial charge in [-0.05, 0) is 42.2 Å². The van der Waals surface area contributed by atoms with Crippen molar-refractivity contribution >= 4 is 17.7 Å². The molecule has 170 valence electrons. The van der Waals surface area contributed by atoms with Crippen molar-refractivity contribution in [1.29, 1.82) is 0 Å². The van der Waals surface area contributed by atoms with E-state index in [2.05, 4.69) is 31.1 Å². The van der Waals surface area contributed by atoms with E-state index >= 15 is 0 Å². The molecule has 1 aromatic heterocycles. The number of pyridine rings is 1. The van der Waals surface area contributed by atoms with Gasteiger partial charge in [0, 0.05) is 43.6 Å². The number of rotatable bonds is 5. The SMILES string of the molecule is CC(NC(=O)c1ccc(C(C)(C)C)cc1)C(=O)N1CCN(C(=O)Cc2ccccn2)CC1. The fraction of sp³-hybridized carbons (Fsp3) is 0.440. The summed E-state index contributed by atoms with van der Waals surface area (Å²) in [6, 6.07) is 12.3. The molecule has 32 heavy (non-hydrogen) atoms. The van der Waals surface area contributed by atoms with E-state index in [1.165, 1.54) is 0 Å². The predicted molar refractivity (Wildman–Crippen MR) is 123 cm³/mol. The van der Waals surface area contributed by atoms with Crippen molar-refractivity contribution in [3.63, 3.8) is 0 Å². The Balaban J connectivity index is 1.49. The topological polar surface area (TPSA) is 82.6 Å². The first-order valence-electron chi connectivity index (χ1n) is 11.0. The van der Waals surface area contributed by atoms with Crippen molar-refractivity contribution in [1.82, 2.24) is 20.1 Å². The van der Waals surface area contributed by atoms with Crippen LogP contribution in [-0.2, 0) is 21.4 Å². The summed E-state index contributed by atoms with van der Waals surface area (Å²) in [7, 11) is 0. The highest BCUT2D eigenvalue weighted by Gasteiger charge is 2.28. The van der Waals surface area contributed by atoms with Crippen LogP contribution < -0.4 is 5.32 Å². The molecule has 1 saturated heterocycles. The Labute approximate surface area is 189 Å². The van der Waals surface area contributed by atoms with Crippen molar-refractivity contribution in [2.24, 2.45) is 0 Å². The van der Waals surface area contributed by atoms with Gasteiger partial charge in [0.05, 0.1) is 6.42 Å². The van der Waals surface area contributed by atoms with E-state index in [0.717, 1.165) is 11.3 Å². The average Bonchev–Trinajstić information content (AvgIpc) is 2.78. The first-order valence-corrected chi connectivity index (χ1v) is 11.0. The Bertz CT molecular complexity index is 943. The van der Waals surface area contributed by atoms with Gasteiger partial charge >= 0.3 is 0 Å². The second-order valence-electron chi connectivity index (χ2n) is 9.23. The van der Waals surface area contributed by atoms with E-state index in [-0.39, 0.29) is 29.6 Å². The van der Waals surface area contributed by atoms with Gasteiger partial charge in [-0.1, -0.05) is 39.0 Å². The molecule has 1 aliphatic heterocycles. The molecule has 0 saturated carbocycles. The van der Waals surface area contributed by atoms with Gasteiger partial charge in [0.25, 0.3) is 5.91 Å². The van der Waals surface area contributed by atoms with Crippen LogP contribution in [0.1, 0.15) is 49.3 Å². The number of nitrogens with one attached hydrogen (secondary N) is 1. The van der Waals surface area contributed by atoms with Crippen LogP contribution in [0, 0.1) is 0 Å². The molecule has 3 amide bonds. The smallest absolute Gasteiger partial charge is 0.251 e. The van der Waals surface area contributed by atoms with E-state index in [4.69, 9.17) is 0 Å². The first-order chi connectivity index (χ1) is 15.1.